The number of anilines is 1. The molecule has 1 N–H and O–H groups in total. The summed E-state index contributed by atoms with van der Waals surface area (Å²) in [6, 6.07) is 8.14. The van der Waals surface area contributed by atoms with Crippen molar-refractivity contribution >= 4 is 33.3 Å². The third-order valence-corrected chi connectivity index (χ3v) is 5.80. The summed E-state index contributed by atoms with van der Waals surface area (Å²) in [6.45, 7) is 6.59. The summed E-state index contributed by atoms with van der Waals surface area (Å²) < 4.78 is 10.9. The molecule has 2 aromatic heterocycles. The summed E-state index contributed by atoms with van der Waals surface area (Å²) in [6.07, 6.45) is 0.843. The molecule has 1 aromatic carbocycles. The molecular weight excluding hydrogens is 362 g/mol. The summed E-state index contributed by atoms with van der Waals surface area (Å²) >= 11 is 1.36. The first-order valence-corrected chi connectivity index (χ1v) is 9.83. The number of ether oxygens (including phenoxy) is 2. The first-order chi connectivity index (χ1) is 13.1. The van der Waals surface area contributed by atoms with Gasteiger partial charge in [-0.15, -0.1) is 11.3 Å². The summed E-state index contributed by atoms with van der Waals surface area (Å²) in [5.41, 5.74) is 1.97. The Kier molecular flexibility index (Phi) is 4.70. The van der Waals surface area contributed by atoms with E-state index < -0.39 is 0 Å². The van der Waals surface area contributed by atoms with E-state index >= 15 is 0 Å². The van der Waals surface area contributed by atoms with Gasteiger partial charge in [0.25, 0.3) is 0 Å². The predicted molar refractivity (Wildman–Crippen MR) is 106 cm³/mol. The molecule has 0 saturated carbocycles. The summed E-state index contributed by atoms with van der Waals surface area (Å²) in [7, 11) is 0. The van der Waals surface area contributed by atoms with Crippen LogP contribution in [-0.2, 0) is 4.74 Å². The molecule has 3 aromatic rings. The van der Waals surface area contributed by atoms with Gasteiger partial charge in [-0.05, 0) is 32.4 Å². The van der Waals surface area contributed by atoms with Crippen LogP contribution in [0.4, 0.5) is 5.82 Å². The molecule has 27 heavy (non-hydrogen) atoms. The highest BCUT2D eigenvalue weighted by atomic mass is 32.1. The SMILES string of the molecule is CCOC(=O)c1sc2nc(C)nc(N[C@H]3CCOc4ccccc43)c2c1C. The van der Waals surface area contributed by atoms with Gasteiger partial charge in [0.05, 0.1) is 24.6 Å². The van der Waals surface area contributed by atoms with Gasteiger partial charge in [0.15, 0.2) is 0 Å². The topological polar surface area (TPSA) is 73.3 Å². The number of rotatable bonds is 4. The molecule has 1 aliphatic heterocycles. The number of nitrogens with one attached hydrogen (secondary N) is 1. The van der Waals surface area contributed by atoms with Crippen molar-refractivity contribution in [3.8, 4) is 5.75 Å². The van der Waals surface area contributed by atoms with E-state index in [0.717, 1.165) is 39.3 Å². The predicted octanol–water partition coefficient (Wildman–Crippen LogP) is 4.42. The van der Waals surface area contributed by atoms with Gasteiger partial charge in [0.2, 0.25) is 0 Å². The van der Waals surface area contributed by atoms with E-state index in [1.807, 2.05) is 32.0 Å². The number of benzene rings is 1. The normalized spacial score (nSPS) is 15.9. The number of carbonyl (C=O) groups excluding carboxylic acids is 1. The van der Waals surface area contributed by atoms with Crippen molar-refractivity contribution in [2.24, 2.45) is 0 Å². The maximum atomic E-state index is 12.3. The fourth-order valence-electron chi connectivity index (χ4n) is 3.40. The van der Waals surface area contributed by atoms with Crippen LogP contribution in [-0.4, -0.2) is 29.2 Å². The van der Waals surface area contributed by atoms with Crippen LogP contribution >= 0.6 is 11.3 Å². The van der Waals surface area contributed by atoms with E-state index in [0.29, 0.717) is 23.9 Å². The van der Waals surface area contributed by atoms with Crippen molar-refractivity contribution in [2.45, 2.75) is 33.2 Å². The highest BCUT2D eigenvalue weighted by Gasteiger charge is 2.25. The molecule has 7 heteroatoms. The van der Waals surface area contributed by atoms with Gasteiger partial charge in [0, 0.05) is 12.0 Å². The van der Waals surface area contributed by atoms with E-state index in [-0.39, 0.29) is 12.0 Å². The lowest BCUT2D eigenvalue weighted by Gasteiger charge is -2.27. The molecule has 0 unspecified atom stereocenters. The van der Waals surface area contributed by atoms with E-state index in [1.54, 1.807) is 6.92 Å². The Balaban J connectivity index is 1.77. The second-order valence-corrected chi connectivity index (χ2v) is 7.45. The molecule has 1 aliphatic rings. The zero-order chi connectivity index (χ0) is 19.0. The number of para-hydroxylation sites is 1. The van der Waals surface area contributed by atoms with Crippen molar-refractivity contribution in [3.63, 3.8) is 0 Å². The van der Waals surface area contributed by atoms with Crippen LogP contribution in [0.2, 0.25) is 0 Å². The molecule has 0 bridgehead atoms. The molecule has 0 fully saturated rings. The Hall–Kier alpha value is -2.67. The van der Waals surface area contributed by atoms with E-state index in [9.17, 15) is 4.79 Å². The molecule has 0 saturated heterocycles. The largest absolute Gasteiger partial charge is 0.493 e. The fourth-order valence-corrected chi connectivity index (χ4v) is 4.52. The second kappa shape index (κ2) is 7.15. The number of aryl methyl sites for hydroxylation is 2. The molecule has 0 radical (unpaired) electrons. The van der Waals surface area contributed by atoms with Crippen LogP contribution in [0.25, 0.3) is 10.2 Å². The highest BCUT2D eigenvalue weighted by Crippen LogP contribution is 2.38. The average molecular weight is 383 g/mol. The number of fused-ring (bicyclic) bond motifs is 2. The van der Waals surface area contributed by atoms with Gasteiger partial charge in [-0.1, -0.05) is 18.2 Å². The van der Waals surface area contributed by atoms with Crippen LogP contribution in [0, 0.1) is 13.8 Å². The smallest absolute Gasteiger partial charge is 0.348 e. The van der Waals surface area contributed by atoms with Gasteiger partial charge in [-0.2, -0.15) is 0 Å². The molecule has 0 spiro atoms. The number of hydrogen-bond donors (Lipinski definition) is 1. The molecule has 1 atom stereocenters. The summed E-state index contributed by atoms with van der Waals surface area (Å²) in [5.74, 6) is 2.01. The maximum Gasteiger partial charge on any atom is 0.348 e. The van der Waals surface area contributed by atoms with E-state index in [1.165, 1.54) is 11.3 Å². The maximum absolute atomic E-state index is 12.3. The Labute approximate surface area is 161 Å². The van der Waals surface area contributed by atoms with E-state index in [4.69, 9.17) is 9.47 Å². The monoisotopic (exact) mass is 383 g/mol. The fraction of sp³-hybridized carbons (Fsp3) is 0.350. The molecule has 0 amide bonds. The Morgan fingerprint density at radius 1 is 1.33 bits per heavy atom. The lowest BCUT2D eigenvalue weighted by Crippen LogP contribution is -2.21. The minimum atomic E-state index is -0.307. The van der Waals surface area contributed by atoms with Gasteiger partial charge in [0.1, 0.15) is 27.1 Å². The standard InChI is InChI=1S/C20H21N3O3S/c1-4-25-20(24)17-11(2)16-18(21-12(3)22-19(16)27-17)23-14-9-10-26-15-8-6-5-7-13(14)15/h5-8,14H,4,9-10H2,1-3H3,(H,21,22,23)/t14-/m0/s1. The van der Waals surface area contributed by atoms with Crippen LogP contribution < -0.4 is 10.1 Å². The van der Waals surface area contributed by atoms with Crippen LogP contribution in [0.1, 0.15) is 46.0 Å². The first kappa shape index (κ1) is 17.7. The third kappa shape index (κ3) is 3.23. The minimum absolute atomic E-state index is 0.0952. The molecular formula is C20H21N3O3S. The van der Waals surface area contributed by atoms with Crippen LogP contribution in [0.5, 0.6) is 5.75 Å². The third-order valence-electron chi connectivity index (χ3n) is 4.63. The van der Waals surface area contributed by atoms with Crippen molar-refractivity contribution in [2.75, 3.05) is 18.5 Å². The van der Waals surface area contributed by atoms with Gasteiger partial charge >= 0.3 is 5.97 Å². The molecule has 6 nitrogen and oxygen atoms in total. The van der Waals surface area contributed by atoms with Crippen LogP contribution in [0.3, 0.4) is 0 Å². The lowest BCUT2D eigenvalue weighted by atomic mass is 10.0. The zero-order valence-corrected chi connectivity index (χ0v) is 16.4. The molecule has 140 valence electrons. The van der Waals surface area contributed by atoms with Gasteiger partial charge < -0.3 is 14.8 Å². The number of aromatic nitrogens is 2. The highest BCUT2D eigenvalue weighted by molar-refractivity contribution is 7.20. The van der Waals surface area contributed by atoms with Crippen molar-refractivity contribution in [1.29, 1.82) is 0 Å². The molecule has 3 heterocycles. The summed E-state index contributed by atoms with van der Waals surface area (Å²) in [4.78, 5) is 22.8. The van der Waals surface area contributed by atoms with Crippen molar-refractivity contribution in [1.82, 2.24) is 9.97 Å². The van der Waals surface area contributed by atoms with E-state index in [2.05, 4.69) is 21.4 Å². The van der Waals surface area contributed by atoms with Crippen molar-refractivity contribution in [3.05, 3.63) is 46.1 Å². The average Bonchev–Trinajstić information content (AvgIpc) is 2.99. The number of nitrogens with zero attached hydrogens (tertiary/aromatic N) is 2. The number of carbonyl (C=O) groups is 1. The molecule has 0 aliphatic carbocycles. The lowest BCUT2D eigenvalue weighted by molar-refractivity contribution is 0.0531. The Morgan fingerprint density at radius 3 is 2.96 bits per heavy atom. The number of thiophene rings is 1. The Morgan fingerprint density at radius 2 is 2.15 bits per heavy atom. The number of hydrogen-bond acceptors (Lipinski definition) is 7. The first-order valence-electron chi connectivity index (χ1n) is 9.01. The summed E-state index contributed by atoms with van der Waals surface area (Å²) in [5, 5.41) is 4.46. The minimum Gasteiger partial charge on any atom is -0.493 e. The van der Waals surface area contributed by atoms with Gasteiger partial charge in [-0.25, -0.2) is 14.8 Å². The second-order valence-electron chi connectivity index (χ2n) is 6.45. The number of esters is 1. The Bertz CT molecular complexity index is 1020. The van der Waals surface area contributed by atoms with Gasteiger partial charge in [-0.3, -0.25) is 0 Å². The van der Waals surface area contributed by atoms with Crippen LogP contribution in [0.15, 0.2) is 24.3 Å². The zero-order valence-electron chi connectivity index (χ0n) is 15.5. The quantitative estimate of drug-likeness (QED) is 0.672. The molecule has 4 rings (SSSR count). The van der Waals surface area contributed by atoms with Crippen molar-refractivity contribution < 1.29 is 14.3 Å².